The molecule has 2 aromatic carbocycles. The molecule has 6 nitrogen and oxygen atoms in total. The molecular formula is C21H27N3O3. The molecule has 0 saturated heterocycles. The molecule has 0 aliphatic heterocycles. The van der Waals surface area contributed by atoms with Crippen molar-refractivity contribution in [2.45, 2.75) is 20.8 Å². The fourth-order valence-electron chi connectivity index (χ4n) is 2.70. The van der Waals surface area contributed by atoms with Crippen LogP contribution >= 0.6 is 0 Å². The topological polar surface area (TPSA) is 70.7 Å². The van der Waals surface area contributed by atoms with Gasteiger partial charge in [0.1, 0.15) is 5.75 Å². The van der Waals surface area contributed by atoms with E-state index in [1.54, 1.807) is 29.2 Å². The van der Waals surface area contributed by atoms with Crippen molar-refractivity contribution in [3.8, 4) is 5.75 Å². The largest absolute Gasteiger partial charge is 0.492 e. The van der Waals surface area contributed by atoms with Crippen LogP contribution in [0.15, 0.2) is 48.5 Å². The average molecular weight is 369 g/mol. The lowest BCUT2D eigenvalue weighted by Crippen LogP contribution is -2.30. The fourth-order valence-corrected chi connectivity index (χ4v) is 2.70. The molecule has 0 aliphatic carbocycles. The molecule has 0 atom stereocenters. The molecule has 0 aromatic heterocycles. The first-order valence-corrected chi connectivity index (χ1v) is 9.23. The number of nitrogens with one attached hydrogen (secondary N) is 2. The third-order valence-corrected chi connectivity index (χ3v) is 4.07. The van der Waals surface area contributed by atoms with E-state index in [0.29, 0.717) is 36.7 Å². The summed E-state index contributed by atoms with van der Waals surface area (Å²) in [5, 5.41) is 5.90. The molecule has 27 heavy (non-hydrogen) atoms. The first kappa shape index (κ1) is 20.3. The van der Waals surface area contributed by atoms with Crippen LogP contribution in [0.25, 0.3) is 0 Å². The monoisotopic (exact) mass is 369 g/mol. The lowest BCUT2D eigenvalue weighted by atomic mass is 10.1. The molecule has 0 heterocycles. The van der Waals surface area contributed by atoms with Crippen molar-refractivity contribution in [1.29, 1.82) is 0 Å². The van der Waals surface area contributed by atoms with Gasteiger partial charge in [-0.2, -0.15) is 0 Å². The molecule has 0 spiro atoms. The van der Waals surface area contributed by atoms with Crippen molar-refractivity contribution >= 4 is 23.2 Å². The maximum absolute atomic E-state index is 12.4. The van der Waals surface area contributed by atoms with Gasteiger partial charge >= 0.3 is 0 Å². The molecular weight excluding hydrogens is 342 g/mol. The van der Waals surface area contributed by atoms with Crippen molar-refractivity contribution < 1.29 is 14.3 Å². The van der Waals surface area contributed by atoms with E-state index in [2.05, 4.69) is 10.6 Å². The molecule has 0 radical (unpaired) electrons. The molecule has 0 fully saturated rings. The van der Waals surface area contributed by atoms with Crippen LogP contribution in [-0.2, 0) is 4.79 Å². The second-order valence-corrected chi connectivity index (χ2v) is 5.89. The molecule has 2 amide bonds. The Hall–Kier alpha value is -3.02. The molecule has 144 valence electrons. The third kappa shape index (κ3) is 5.74. The van der Waals surface area contributed by atoms with E-state index in [-0.39, 0.29) is 18.4 Å². The number of hydrogen-bond acceptors (Lipinski definition) is 4. The van der Waals surface area contributed by atoms with Gasteiger partial charge in [0.15, 0.2) is 0 Å². The van der Waals surface area contributed by atoms with Gasteiger partial charge in [-0.1, -0.05) is 18.2 Å². The summed E-state index contributed by atoms with van der Waals surface area (Å²) >= 11 is 0. The van der Waals surface area contributed by atoms with E-state index in [1.807, 2.05) is 45.0 Å². The number of anilines is 2. The van der Waals surface area contributed by atoms with Crippen molar-refractivity contribution in [3.63, 3.8) is 0 Å². The van der Waals surface area contributed by atoms with Crippen molar-refractivity contribution in [3.05, 3.63) is 54.1 Å². The van der Waals surface area contributed by atoms with Crippen LogP contribution in [0.5, 0.6) is 5.75 Å². The van der Waals surface area contributed by atoms with Gasteiger partial charge in [0.2, 0.25) is 5.91 Å². The number of rotatable bonds is 9. The summed E-state index contributed by atoms with van der Waals surface area (Å²) < 4.78 is 5.54. The Morgan fingerprint density at radius 2 is 1.74 bits per heavy atom. The Kier molecular flexibility index (Phi) is 7.67. The quantitative estimate of drug-likeness (QED) is 0.708. The molecule has 6 heteroatoms. The highest BCUT2D eigenvalue weighted by atomic mass is 16.5. The summed E-state index contributed by atoms with van der Waals surface area (Å²) in [5.41, 5.74) is 1.92. The van der Waals surface area contributed by atoms with Gasteiger partial charge in [-0.3, -0.25) is 9.59 Å². The number of benzene rings is 2. The minimum atomic E-state index is -0.200. The first-order valence-electron chi connectivity index (χ1n) is 9.23. The minimum absolute atomic E-state index is 0.0418. The number of amides is 2. The fraction of sp³-hybridized carbons (Fsp3) is 0.333. The summed E-state index contributed by atoms with van der Waals surface area (Å²) in [7, 11) is 0. The SMILES string of the molecule is CCOc1ccccc1NCC(=O)Nc1cccc(C(=O)N(CC)CC)c1. The van der Waals surface area contributed by atoms with E-state index in [0.717, 1.165) is 5.69 Å². The maximum atomic E-state index is 12.4. The van der Waals surface area contributed by atoms with Gasteiger partial charge in [0.05, 0.1) is 18.8 Å². The summed E-state index contributed by atoms with van der Waals surface area (Å²) in [5.74, 6) is 0.466. The molecule has 0 bridgehead atoms. The number of ether oxygens (including phenoxy) is 1. The Labute approximate surface area is 160 Å². The molecule has 2 rings (SSSR count). The molecule has 0 saturated carbocycles. The molecule has 0 aliphatic rings. The van der Waals surface area contributed by atoms with Crippen LogP contribution in [0, 0.1) is 0 Å². The highest BCUT2D eigenvalue weighted by molar-refractivity contribution is 5.98. The van der Waals surface area contributed by atoms with Crippen LogP contribution in [0.2, 0.25) is 0 Å². The van der Waals surface area contributed by atoms with Gasteiger partial charge in [0.25, 0.3) is 5.91 Å². The number of nitrogens with zero attached hydrogens (tertiary/aromatic N) is 1. The van der Waals surface area contributed by atoms with E-state index in [1.165, 1.54) is 0 Å². The standard InChI is InChI=1S/C21H27N3O3/c1-4-24(5-2)21(26)16-10-9-11-17(14-16)23-20(25)15-22-18-12-7-8-13-19(18)27-6-3/h7-14,22H,4-6,15H2,1-3H3,(H,23,25). The zero-order valence-electron chi connectivity index (χ0n) is 16.1. The average Bonchev–Trinajstić information content (AvgIpc) is 2.68. The van der Waals surface area contributed by atoms with E-state index in [4.69, 9.17) is 4.74 Å². The predicted molar refractivity (Wildman–Crippen MR) is 108 cm³/mol. The third-order valence-electron chi connectivity index (χ3n) is 4.07. The van der Waals surface area contributed by atoms with E-state index < -0.39 is 0 Å². The van der Waals surface area contributed by atoms with E-state index >= 15 is 0 Å². The Bertz CT molecular complexity index is 773. The number of hydrogen-bond donors (Lipinski definition) is 2. The number of para-hydroxylation sites is 2. The predicted octanol–water partition coefficient (Wildman–Crippen LogP) is 3.62. The second-order valence-electron chi connectivity index (χ2n) is 5.89. The van der Waals surface area contributed by atoms with Crippen LogP contribution in [0.1, 0.15) is 31.1 Å². The molecule has 0 unspecified atom stereocenters. The Morgan fingerprint density at radius 1 is 1.00 bits per heavy atom. The number of carbonyl (C=O) groups excluding carboxylic acids is 2. The summed E-state index contributed by atoms with van der Waals surface area (Å²) in [6, 6.07) is 14.5. The maximum Gasteiger partial charge on any atom is 0.253 e. The second kappa shape index (κ2) is 10.2. The minimum Gasteiger partial charge on any atom is -0.492 e. The molecule has 2 N–H and O–H groups in total. The number of carbonyl (C=O) groups is 2. The van der Waals surface area contributed by atoms with Gasteiger partial charge in [-0.05, 0) is 51.1 Å². The molecule has 2 aromatic rings. The van der Waals surface area contributed by atoms with Crippen LogP contribution in [0.3, 0.4) is 0 Å². The Morgan fingerprint density at radius 3 is 2.44 bits per heavy atom. The van der Waals surface area contributed by atoms with Gasteiger partial charge in [-0.25, -0.2) is 0 Å². The van der Waals surface area contributed by atoms with Crippen LogP contribution < -0.4 is 15.4 Å². The zero-order chi connectivity index (χ0) is 19.6. The summed E-state index contributed by atoms with van der Waals surface area (Å²) in [6.07, 6.45) is 0. The lowest BCUT2D eigenvalue weighted by Gasteiger charge is -2.19. The van der Waals surface area contributed by atoms with E-state index in [9.17, 15) is 9.59 Å². The summed E-state index contributed by atoms with van der Waals surface area (Å²) in [6.45, 7) is 7.74. The first-order chi connectivity index (χ1) is 13.1. The van der Waals surface area contributed by atoms with Crippen molar-refractivity contribution in [2.24, 2.45) is 0 Å². The van der Waals surface area contributed by atoms with Crippen molar-refractivity contribution in [1.82, 2.24) is 4.90 Å². The zero-order valence-corrected chi connectivity index (χ0v) is 16.1. The normalized spacial score (nSPS) is 10.2. The van der Waals surface area contributed by atoms with Gasteiger partial charge < -0.3 is 20.3 Å². The van der Waals surface area contributed by atoms with Gasteiger partial charge in [-0.15, -0.1) is 0 Å². The van der Waals surface area contributed by atoms with Crippen molar-refractivity contribution in [2.75, 3.05) is 36.9 Å². The van der Waals surface area contributed by atoms with Crippen LogP contribution in [0.4, 0.5) is 11.4 Å². The van der Waals surface area contributed by atoms with Gasteiger partial charge in [0, 0.05) is 24.3 Å². The smallest absolute Gasteiger partial charge is 0.253 e. The summed E-state index contributed by atoms with van der Waals surface area (Å²) in [4.78, 5) is 26.5. The Balaban J connectivity index is 1.98. The highest BCUT2D eigenvalue weighted by Crippen LogP contribution is 2.23. The lowest BCUT2D eigenvalue weighted by molar-refractivity contribution is -0.114. The van der Waals surface area contributed by atoms with Crippen LogP contribution in [-0.4, -0.2) is 43.0 Å². The highest BCUT2D eigenvalue weighted by Gasteiger charge is 2.13.